The van der Waals surface area contributed by atoms with Crippen molar-refractivity contribution < 1.29 is 31.1 Å². The molecule has 2 rings (SSSR count). The monoisotopic (exact) mass is 444 g/mol. The van der Waals surface area contributed by atoms with E-state index in [2.05, 4.69) is 5.32 Å². The number of carbonyl (C=O) groups excluding carboxylic acids is 1. The molecule has 1 atom stereocenters. The van der Waals surface area contributed by atoms with Crippen LogP contribution < -0.4 is 14.4 Å². The Kier molecular flexibility index (Phi) is 7.02. The van der Waals surface area contributed by atoms with Gasteiger partial charge >= 0.3 is 6.18 Å². The number of ether oxygens (including phenoxy) is 1. The molecule has 0 aliphatic heterocycles. The van der Waals surface area contributed by atoms with Crippen LogP contribution in [0, 0.1) is 0 Å². The van der Waals surface area contributed by atoms with Crippen molar-refractivity contribution in [2.45, 2.75) is 39.1 Å². The van der Waals surface area contributed by atoms with E-state index in [-0.39, 0.29) is 11.8 Å². The van der Waals surface area contributed by atoms with Crippen molar-refractivity contribution in [1.29, 1.82) is 0 Å². The molecule has 0 saturated heterocycles. The Labute approximate surface area is 173 Å². The third-order valence-corrected chi connectivity index (χ3v) is 5.23. The van der Waals surface area contributed by atoms with Gasteiger partial charge in [0.05, 0.1) is 23.6 Å². The Bertz CT molecular complexity index is 1010. The van der Waals surface area contributed by atoms with E-state index in [1.807, 2.05) is 13.8 Å². The number of nitrogens with zero attached hydrogens (tertiary/aromatic N) is 1. The molecule has 30 heavy (non-hydrogen) atoms. The quantitative estimate of drug-likeness (QED) is 0.692. The zero-order chi connectivity index (χ0) is 22.7. The van der Waals surface area contributed by atoms with E-state index >= 15 is 0 Å². The molecular formula is C20H23F3N2O4S. The number of carbonyl (C=O) groups is 1. The first-order valence-electron chi connectivity index (χ1n) is 9.03. The summed E-state index contributed by atoms with van der Waals surface area (Å²) < 4.78 is 70.0. The summed E-state index contributed by atoms with van der Waals surface area (Å²) in [5.74, 6) is -0.201. The Hall–Kier alpha value is -2.75. The van der Waals surface area contributed by atoms with Gasteiger partial charge in [0.2, 0.25) is 15.9 Å². The minimum Gasteiger partial charge on any atom is -0.491 e. The molecule has 0 radical (unpaired) electrons. The van der Waals surface area contributed by atoms with Crippen molar-refractivity contribution in [3.8, 4) is 5.75 Å². The second kappa shape index (κ2) is 8.95. The zero-order valence-corrected chi connectivity index (χ0v) is 17.7. The molecule has 164 valence electrons. The molecule has 0 aliphatic rings. The Balaban J connectivity index is 2.32. The topological polar surface area (TPSA) is 75.7 Å². The molecule has 0 saturated carbocycles. The number of hydrogen-bond acceptors (Lipinski definition) is 4. The summed E-state index contributed by atoms with van der Waals surface area (Å²) in [4.78, 5) is 12.7. The molecule has 0 aromatic heterocycles. The van der Waals surface area contributed by atoms with Gasteiger partial charge in [-0.2, -0.15) is 13.2 Å². The lowest BCUT2D eigenvalue weighted by Gasteiger charge is -2.28. The van der Waals surface area contributed by atoms with Gasteiger partial charge in [-0.15, -0.1) is 0 Å². The van der Waals surface area contributed by atoms with Gasteiger partial charge in [-0.05, 0) is 51.1 Å². The average molecular weight is 444 g/mol. The molecule has 0 fully saturated rings. The number of rotatable bonds is 7. The third kappa shape index (κ3) is 6.12. The molecule has 1 amide bonds. The highest BCUT2D eigenvalue weighted by Crippen LogP contribution is 2.33. The zero-order valence-electron chi connectivity index (χ0n) is 16.9. The van der Waals surface area contributed by atoms with Crippen LogP contribution >= 0.6 is 0 Å². The molecule has 1 N–H and O–H groups in total. The smallest absolute Gasteiger partial charge is 0.416 e. The maximum atomic E-state index is 13.0. The number of nitrogens with one attached hydrogen (secondary N) is 1. The SMILES string of the molecule is CC(C)Oc1cccc(NC(=O)[C@@H](C)N(c2cccc(C(F)(F)F)c2)S(C)(=O)=O)c1. The summed E-state index contributed by atoms with van der Waals surface area (Å²) in [6.07, 6.45) is -3.91. The molecule has 0 bridgehead atoms. The van der Waals surface area contributed by atoms with Gasteiger partial charge < -0.3 is 10.1 Å². The van der Waals surface area contributed by atoms with Crippen LogP contribution in [0.25, 0.3) is 0 Å². The van der Waals surface area contributed by atoms with Crippen molar-refractivity contribution in [3.05, 3.63) is 54.1 Å². The Morgan fingerprint density at radius 2 is 1.70 bits per heavy atom. The van der Waals surface area contributed by atoms with E-state index in [0.717, 1.165) is 18.4 Å². The highest BCUT2D eigenvalue weighted by Gasteiger charge is 2.34. The summed E-state index contributed by atoms with van der Waals surface area (Å²) in [6, 6.07) is 9.02. The van der Waals surface area contributed by atoms with Crippen molar-refractivity contribution in [1.82, 2.24) is 0 Å². The van der Waals surface area contributed by atoms with E-state index < -0.39 is 33.7 Å². The minimum atomic E-state index is -4.65. The molecule has 0 heterocycles. The van der Waals surface area contributed by atoms with Gasteiger partial charge in [-0.25, -0.2) is 8.42 Å². The predicted molar refractivity (Wildman–Crippen MR) is 109 cm³/mol. The third-order valence-electron chi connectivity index (χ3n) is 3.99. The normalized spacial score (nSPS) is 13.1. The van der Waals surface area contributed by atoms with Gasteiger partial charge in [0, 0.05) is 11.8 Å². The number of halogens is 3. The van der Waals surface area contributed by atoms with Crippen molar-refractivity contribution in [2.24, 2.45) is 0 Å². The highest BCUT2D eigenvalue weighted by molar-refractivity contribution is 7.92. The first kappa shape index (κ1) is 23.5. The summed E-state index contributed by atoms with van der Waals surface area (Å²) in [6.45, 7) is 4.98. The minimum absolute atomic E-state index is 0.0866. The first-order valence-corrected chi connectivity index (χ1v) is 10.9. The van der Waals surface area contributed by atoms with Gasteiger partial charge in [0.25, 0.3) is 0 Å². The van der Waals surface area contributed by atoms with Gasteiger partial charge in [0.1, 0.15) is 11.8 Å². The number of sulfonamides is 1. The predicted octanol–water partition coefficient (Wildman–Crippen LogP) is 4.29. The maximum Gasteiger partial charge on any atom is 0.416 e. The second-order valence-corrected chi connectivity index (χ2v) is 8.83. The molecule has 6 nitrogen and oxygen atoms in total. The van der Waals surface area contributed by atoms with Gasteiger partial charge in [-0.3, -0.25) is 9.10 Å². The fourth-order valence-corrected chi connectivity index (χ4v) is 3.96. The second-order valence-electron chi connectivity index (χ2n) is 6.97. The lowest BCUT2D eigenvalue weighted by Crippen LogP contribution is -2.45. The molecular weight excluding hydrogens is 421 g/mol. The highest BCUT2D eigenvalue weighted by atomic mass is 32.2. The van der Waals surface area contributed by atoms with Crippen LogP contribution in [0.15, 0.2) is 48.5 Å². The Morgan fingerprint density at radius 1 is 1.07 bits per heavy atom. The standard InChI is InChI=1S/C20H23F3N2O4S/c1-13(2)29-18-10-6-8-16(12-18)24-19(26)14(3)25(30(4,27)28)17-9-5-7-15(11-17)20(21,22)23/h5-14H,1-4H3,(H,24,26)/t14-/m1/s1. The number of amides is 1. The number of anilines is 2. The van der Waals surface area contributed by atoms with Gasteiger partial charge in [-0.1, -0.05) is 12.1 Å². The van der Waals surface area contributed by atoms with E-state index in [1.165, 1.54) is 13.0 Å². The van der Waals surface area contributed by atoms with Crippen LogP contribution in [-0.2, 0) is 21.0 Å². The summed E-state index contributed by atoms with van der Waals surface area (Å²) >= 11 is 0. The van der Waals surface area contributed by atoms with Gasteiger partial charge in [0.15, 0.2) is 0 Å². The van der Waals surface area contributed by atoms with Crippen LogP contribution in [-0.4, -0.2) is 32.7 Å². The van der Waals surface area contributed by atoms with Crippen molar-refractivity contribution in [2.75, 3.05) is 15.9 Å². The summed E-state index contributed by atoms with van der Waals surface area (Å²) in [5, 5.41) is 2.58. The maximum absolute atomic E-state index is 13.0. The van der Waals surface area contributed by atoms with E-state index in [4.69, 9.17) is 4.74 Å². The fraction of sp³-hybridized carbons (Fsp3) is 0.350. The Morgan fingerprint density at radius 3 is 2.27 bits per heavy atom. The van der Waals surface area contributed by atoms with Crippen molar-refractivity contribution >= 4 is 27.3 Å². The molecule has 0 unspecified atom stereocenters. The lowest BCUT2D eigenvalue weighted by molar-refractivity contribution is -0.137. The molecule has 2 aromatic rings. The van der Waals surface area contributed by atoms with Crippen LogP contribution in [0.2, 0.25) is 0 Å². The lowest BCUT2D eigenvalue weighted by atomic mass is 10.1. The first-order chi connectivity index (χ1) is 13.8. The molecule has 2 aromatic carbocycles. The van der Waals surface area contributed by atoms with E-state index in [0.29, 0.717) is 21.8 Å². The van der Waals surface area contributed by atoms with Crippen LogP contribution in [0.1, 0.15) is 26.3 Å². The number of hydrogen-bond donors (Lipinski definition) is 1. The summed E-state index contributed by atoms with van der Waals surface area (Å²) in [7, 11) is -4.06. The van der Waals surface area contributed by atoms with Crippen molar-refractivity contribution in [3.63, 3.8) is 0 Å². The number of alkyl halides is 3. The van der Waals surface area contributed by atoms with Crippen LogP contribution in [0.4, 0.5) is 24.5 Å². The average Bonchev–Trinajstić information content (AvgIpc) is 2.60. The fourth-order valence-electron chi connectivity index (χ4n) is 2.79. The number of benzene rings is 2. The molecule has 10 heteroatoms. The van der Waals surface area contributed by atoms with E-state index in [9.17, 15) is 26.4 Å². The molecule has 0 aliphatic carbocycles. The van der Waals surface area contributed by atoms with Crippen LogP contribution in [0.3, 0.4) is 0 Å². The largest absolute Gasteiger partial charge is 0.491 e. The summed E-state index contributed by atoms with van der Waals surface area (Å²) in [5.41, 5.74) is -0.908. The van der Waals surface area contributed by atoms with E-state index in [1.54, 1.807) is 24.3 Å². The van der Waals surface area contributed by atoms with Crippen LogP contribution in [0.5, 0.6) is 5.75 Å². The molecule has 0 spiro atoms.